The number of rotatable bonds is 6. The van der Waals surface area contributed by atoms with Gasteiger partial charge in [-0.15, -0.1) is 0 Å². The first-order valence-corrected chi connectivity index (χ1v) is 11.7. The van der Waals surface area contributed by atoms with Gasteiger partial charge < -0.3 is 20.1 Å². The molecule has 1 saturated heterocycles. The van der Waals surface area contributed by atoms with Crippen LogP contribution in [0.1, 0.15) is 41.6 Å². The molecule has 0 spiro atoms. The monoisotopic (exact) mass is 515 g/mol. The molecule has 1 aliphatic carbocycles. The number of alkyl halides is 1. The minimum Gasteiger partial charge on any atom is -0.500 e. The zero-order chi connectivity index (χ0) is 25.4. The number of aliphatic hydroxyl groups excluding tert-OH is 1. The van der Waals surface area contributed by atoms with Gasteiger partial charge in [0.1, 0.15) is 17.0 Å². The summed E-state index contributed by atoms with van der Waals surface area (Å²) in [6, 6.07) is 1.68. The topological polar surface area (TPSA) is 127 Å². The number of nitrogens with zero attached hydrogens (tertiary/aromatic N) is 6. The number of hydrogen-bond donors (Lipinski definition) is 2. The Labute approximate surface area is 209 Å². The first-order chi connectivity index (χ1) is 17.4. The summed E-state index contributed by atoms with van der Waals surface area (Å²) >= 11 is 6.28. The molecule has 11 nitrogen and oxygen atoms in total. The number of aromatic nitrogens is 5. The zero-order valence-electron chi connectivity index (χ0n) is 19.3. The molecule has 0 saturated carbocycles. The van der Waals surface area contributed by atoms with Crippen molar-refractivity contribution in [2.24, 2.45) is 0 Å². The first kappa shape index (κ1) is 23.9. The van der Waals surface area contributed by atoms with Gasteiger partial charge in [0.15, 0.2) is 5.65 Å². The van der Waals surface area contributed by atoms with E-state index in [2.05, 4.69) is 20.5 Å². The van der Waals surface area contributed by atoms with Gasteiger partial charge in [-0.05, 0) is 25.0 Å². The molecule has 0 radical (unpaired) electrons. The molecule has 2 atom stereocenters. The fraction of sp³-hybridized carbons (Fsp3) is 0.348. The third-order valence-corrected chi connectivity index (χ3v) is 6.41. The lowest BCUT2D eigenvalue weighted by Gasteiger charge is -2.18. The smallest absolute Gasteiger partial charge is 0.280 e. The van der Waals surface area contributed by atoms with E-state index in [4.69, 9.17) is 16.3 Å². The summed E-state index contributed by atoms with van der Waals surface area (Å²) in [5, 5.41) is 21.5. The number of halogens is 2. The molecule has 3 aromatic heterocycles. The van der Waals surface area contributed by atoms with Crippen LogP contribution in [0.15, 0.2) is 47.7 Å². The van der Waals surface area contributed by atoms with E-state index in [0.29, 0.717) is 41.3 Å². The molecule has 188 valence electrons. The summed E-state index contributed by atoms with van der Waals surface area (Å²) in [6.45, 7) is 0.299. The molecular formula is C23H23ClFN7O4. The fourth-order valence-electron chi connectivity index (χ4n) is 4.27. The molecule has 1 unspecified atom stereocenters. The van der Waals surface area contributed by atoms with Gasteiger partial charge in [0, 0.05) is 42.5 Å². The number of methoxy groups -OCH3 is 1. The van der Waals surface area contributed by atoms with E-state index in [-0.39, 0.29) is 30.0 Å². The number of ether oxygens (including phenoxy) is 1. The molecule has 3 aromatic rings. The van der Waals surface area contributed by atoms with E-state index < -0.39 is 24.2 Å². The Morgan fingerprint density at radius 1 is 1.36 bits per heavy atom. The second-order valence-corrected chi connectivity index (χ2v) is 8.95. The third-order valence-electron chi connectivity index (χ3n) is 6.11. The number of nitrogens with one attached hydrogen (secondary N) is 1. The normalized spacial score (nSPS) is 18.9. The molecule has 2 amide bonds. The van der Waals surface area contributed by atoms with Crippen LogP contribution in [0, 0.1) is 0 Å². The van der Waals surface area contributed by atoms with E-state index in [0.717, 1.165) is 4.68 Å². The first-order valence-electron chi connectivity index (χ1n) is 11.3. The van der Waals surface area contributed by atoms with Crippen molar-refractivity contribution in [1.29, 1.82) is 0 Å². The van der Waals surface area contributed by atoms with E-state index in [1.54, 1.807) is 18.3 Å². The number of carbonyl (C=O) groups is 2. The highest BCUT2D eigenvalue weighted by atomic mass is 35.5. The summed E-state index contributed by atoms with van der Waals surface area (Å²) in [4.78, 5) is 31.3. The Balaban J connectivity index is 1.52. The van der Waals surface area contributed by atoms with Crippen LogP contribution in [0.25, 0.3) is 11.2 Å². The molecule has 0 aromatic carbocycles. The highest BCUT2D eigenvalue weighted by molar-refractivity contribution is 6.30. The summed E-state index contributed by atoms with van der Waals surface area (Å²) in [6.07, 6.45) is 6.05. The van der Waals surface area contributed by atoms with Crippen molar-refractivity contribution in [3.8, 4) is 0 Å². The number of fused-ring (bicyclic) bond motifs is 1. The van der Waals surface area contributed by atoms with Gasteiger partial charge in [-0.1, -0.05) is 11.6 Å². The Morgan fingerprint density at radius 3 is 2.94 bits per heavy atom. The highest BCUT2D eigenvalue weighted by Gasteiger charge is 2.33. The second-order valence-electron chi connectivity index (χ2n) is 8.47. The van der Waals surface area contributed by atoms with E-state index in [9.17, 15) is 14.7 Å². The van der Waals surface area contributed by atoms with Crippen molar-refractivity contribution < 1.29 is 23.8 Å². The molecule has 0 bridgehead atoms. The summed E-state index contributed by atoms with van der Waals surface area (Å²) in [5.74, 6) is -0.815. The molecule has 2 aliphatic rings. The Morgan fingerprint density at radius 2 is 2.19 bits per heavy atom. The van der Waals surface area contributed by atoms with E-state index in [1.807, 2.05) is 0 Å². The van der Waals surface area contributed by atoms with Crippen LogP contribution in [0.2, 0.25) is 0 Å². The van der Waals surface area contributed by atoms with Crippen LogP contribution >= 0.6 is 11.6 Å². The van der Waals surface area contributed by atoms with Gasteiger partial charge in [0.25, 0.3) is 18.1 Å². The predicted octanol–water partition coefficient (Wildman–Crippen LogP) is 2.51. The minimum absolute atomic E-state index is 0.0516. The molecule has 2 N–H and O–H groups in total. The van der Waals surface area contributed by atoms with Gasteiger partial charge in [-0.2, -0.15) is 10.2 Å². The summed E-state index contributed by atoms with van der Waals surface area (Å²) in [7, 11) is 1.50. The third kappa shape index (κ3) is 4.44. The molecular weight excluding hydrogens is 493 g/mol. The van der Waals surface area contributed by atoms with E-state index >= 15 is 4.39 Å². The number of carbonyl (C=O) groups excluding carboxylic acids is 2. The number of allylic oxidation sites excluding steroid dienone is 4. The lowest BCUT2D eigenvalue weighted by molar-refractivity contribution is -0.139. The van der Waals surface area contributed by atoms with Crippen LogP contribution < -0.4 is 5.32 Å². The van der Waals surface area contributed by atoms with Gasteiger partial charge in [0.2, 0.25) is 0 Å². The Hall–Kier alpha value is -3.77. The molecule has 13 heteroatoms. The van der Waals surface area contributed by atoms with Crippen molar-refractivity contribution in [1.82, 2.24) is 29.3 Å². The van der Waals surface area contributed by atoms with Crippen molar-refractivity contribution in [2.75, 3.05) is 25.5 Å². The molecule has 5 rings (SSSR count). The Kier molecular flexibility index (Phi) is 6.46. The maximum absolute atomic E-state index is 15.3. The quantitative estimate of drug-likeness (QED) is 0.516. The fourth-order valence-corrected chi connectivity index (χ4v) is 4.47. The molecule has 36 heavy (non-hydrogen) atoms. The average Bonchev–Trinajstić information content (AvgIpc) is 3.61. The molecule has 4 heterocycles. The maximum atomic E-state index is 15.3. The van der Waals surface area contributed by atoms with Crippen molar-refractivity contribution in [2.45, 2.75) is 31.7 Å². The zero-order valence-corrected chi connectivity index (χ0v) is 20.0. The van der Waals surface area contributed by atoms with Gasteiger partial charge in [-0.3, -0.25) is 9.59 Å². The van der Waals surface area contributed by atoms with Crippen molar-refractivity contribution >= 4 is 40.3 Å². The number of likely N-dealkylation sites (tertiary alicyclic amines) is 1. The lowest BCUT2D eigenvalue weighted by Crippen LogP contribution is -2.34. The van der Waals surface area contributed by atoms with Crippen LogP contribution in [0.4, 0.5) is 10.1 Å². The van der Waals surface area contributed by atoms with Gasteiger partial charge >= 0.3 is 0 Å². The number of aliphatic hydroxyl groups is 1. The predicted molar refractivity (Wildman–Crippen MR) is 128 cm³/mol. The van der Waals surface area contributed by atoms with Crippen LogP contribution in [0.5, 0.6) is 0 Å². The molecule has 1 aliphatic heterocycles. The van der Waals surface area contributed by atoms with Crippen LogP contribution in [-0.4, -0.2) is 72.5 Å². The SMILES string of the molecule is COC1=C(c2nn(C(F)C(=O)N3CC[C@H](O)C3)cc2NC(=O)c2cnn3cccnc23)C=C(Cl)CC1. The highest BCUT2D eigenvalue weighted by Crippen LogP contribution is 2.36. The largest absolute Gasteiger partial charge is 0.500 e. The number of anilines is 1. The van der Waals surface area contributed by atoms with Crippen molar-refractivity contribution in [3.05, 3.63) is 59.0 Å². The van der Waals surface area contributed by atoms with Gasteiger partial charge in [-0.25, -0.2) is 18.6 Å². The second kappa shape index (κ2) is 9.70. The standard InChI is InChI=1S/C23H23ClFN7O4/c1-36-18-4-3-13(24)9-15(18)19-17(28-22(34)16-10-27-31-7-2-6-26-21(16)31)12-32(29-19)20(25)23(35)30-8-5-14(33)11-30/h2,6-7,9-10,12,14,20,33H,3-5,8,11H2,1H3,(H,28,34)/t14-,20?/m0/s1. The summed E-state index contributed by atoms with van der Waals surface area (Å²) < 4.78 is 23.2. The molecule has 1 fully saturated rings. The number of β-amino-alcohol motifs (C(OH)–C–C–N with tert-alkyl or cyclic N) is 1. The lowest BCUT2D eigenvalue weighted by atomic mass is 10.0. The maximum Gasteiger partial charge on any atom is 0.280 e. The Bertz CT molecular complexity index is 1400. The number of hydrogen-bond acceptors (Lipinski definition) is 7. The average molecular weight is 516 g/mol. The minimum atomic E-state index is -2.16. The van der Waals surface area contributed by atoms with E-state index in [1.165, 1.54) is 35.1 Å². The summed E-state index contributed by atoms with van der Waals surface area (Å²) in [5.41, 5.74) is 1.36. The van der Waals surface area contributed by atoms with Crippen LogP contribution in [0.3, 0.4) is 0 Å². The number of amides is 2. The van der Waals surface area contributed by atoms with Crippen molar-refractivity contribution in [3.63, 3.8) is 0 Å². The van der Waals surface area contributed by atoms with Gasteiger partial charge in [0.05, 0.1) is 31.3 Å². The van der Waals surface area contributed by atoms with Crippen LogP contribution in [-0.2, 0) is 9.53 Å².